The number of benzene rings is 1. The minimum Gasteiger partial charge on any atom is -0.480 e. The van der Waals surface area contributed by atoms with E-state index in [0.29, 0.717) is 5.56 Å². The van der Waals surface area contributed by atoms with Crippen molar-refractivity contribution in [2.24, 2.45) is 5.73 Å². The van der Waals surface area contributed by atoms with E-state index in [1.54, 1.807) is 0 Å². The van der Waals surface area contributed by atoms with Crippen LogP contribution in [0.15, 0.2) is 24.3 Å². The summed E-state index contributed by atoms with van der Waals surface area (Å²) < 4.78 is 9.82. The molecule has 14 nitrogen and oxygen atoms in total. The van der Waals surface area contributed by atoms with Gasteiger partial charge in [-0.05, 0) is 38.5 Å². The topological polar surface area (TPSA) is 209 Å². The molecular formula is C18H23N3O11. The van der Waals surface area contributed by atoms with E-state index < -0.39 is 53.2 Å². The number of nitrogens with zero attached hydrogens (tertiary/aromatic N) is 2. The average Bonchev–Trinajstić information content (AvgIpc) is 2.69. The van der Waals surface area contributed by atoms with Crippen LogP contribution in [-0.4, -0.2) is 68.5 Å². The van der Waals surface area contributed by atoms with Gasteiger partial charge < -0.3 is 25.4 Å². The van der Waals surface area contributed by atoms with Crippen molar-refractivity contribution in [2.45, 2.75) is 45.1 Å². The number of esters is 1. The third-order valence-electron chi connectivity index (χ3n) is 3.50. The fraction of sp³-hybridized carbons (Fsp3) is 0.444. The molecule has 14 heteroatoms. The van der Waals surface area contributed by atoms with E-state index in [-0.39, 0.29) is 17.4 Å². The number of carbonyl (C=O) groups excluding carboxylic acids is 3. The summed E-state index contributed by atoms with van der Waals surface area (Å²) in [7, 11) is 0. The number of rotatable bonds is 9. The minimum absolute atomic E-state index is 0.119. The molecule has 32 heavy (non-hydrogen) atoms. The molecule has 2 amide bonds. The van der Waals surface area contributed by atoms with Crippen molar-refractivity contribution in [3.63, 3.8) is 0 Å². The number of carboxylic acid groups (broad SMARTS) is 1. The third kappa shape index (κ3) is 8.25. The van der Waals surface area contributed by atoms with Crippen molar-refractivity contribution in [1.29, 1.82) is 0 Å². The van der Waals surface area contributed by atoms with Crippen LogP contribution in [0.4, 0.5) is 10.5 Å². The molecule has 0 saturated heterocycles. The summed E-state index contributed by atoms with van der Waals surface area (Å²) in [5.74, 6) is -4.35. The van der Waals surface area contributed by atoms with Gasteiger partial charge in [-0.25, -0.2) is 14.4 Å². The van der Waals surface area contributed by atoms with Gasteiger partial charge in [0.2, 0.25) is 0 Å². The molecule has 4 N–H and O–H groups in total. The Morgan fingerprint density at radius 3 is 2.22 bits per heavy atom. The standard InChI is InChI=1S/C18H23N3O11/c1-18(2,3)32-17(27)20(15(24)14(23)13(19)16(25)26)31-9-12(22)30-8-10-4-6-11(7-5-10)21(28)29/h4-7,13-14,23H,8-9,19H2,1-3H3,(H,25,26)/t13-,14?/m0/s1. The molecule has 176 valence electrons. The second kappa shape index (κ2) is 11.1. The van der Waals surface area contributed by atoms with Crippen LogP contribution in [0.2, 0.25) is 0 Å². The molecule has 0 aromatic heterocycles. The van der Waals surface area contributed by atoms with E-state index in [2.05, 4.69) is 0 Å². The molecule has 0 spiro atoms. The number of ether oxygens (including phenoxy) is 2. The highest BCUT2D eigenvalue weighted by Crippen LogP contribution is 2.14. The van der Waals surface area contributed by atoms with Crippen LogP contribution in [0.5, 0.6) is 0 Å². The third-order valence-corrected chi connectivity index (χ3v) is 3.50. The number of hydrogen-bond donors (Lipinski definition) is 3. The van der Waals surface area contributed by atoms with Crippen LogP contribution < -0.4 is 5.73 Å². The fourth-order valence-electron chi connectivity index (χ4n) is 1.96. The smallest absolute Gasteiger partial charge is 0.442 e. The molecule has 0 aliphatic rings. The molecular weight excluding hydrogens is 434 g/mol. The molecule has 0 radical (unpaired) electrons. The molecule has 2 atom stereocenters. The average molecular weight is 457 g/mol. The van der Waals surface area contributed by atoms with Crippen molar-refractivity contribution in [3.05, 3.63) is 39.9 Å². The number of carboxylic acids is 1. The number of nitrogens with two attached hydrogens (primary N) is 1. The SMILES string of the molecule is CC(C)(C)OC(=O)N(OCC(=O)OCc1ccc([N+](=O)[O-])cc1)C(=O)C(O)[C@H](N)C(=O)O. The maximum Gasteiger partial charge on any atom is 0.442 e. The summed E-state index contributed by atoms with van der Waals surface area (Å²) in [5, 5.41) is 29.1. The van der Waals surface area contributed by atoms with Gasteiger partial charge >= 0.3 is 18.0 Å². The number of imide groups is 1. The quantitative estimate of drug-likeness (QED) is 0.256. The number of non-ortho nitro benzene ring substituents is 1. The highest BCUT2D eigenvalue weighted by molar-refractivity contribution is 5.96. The molecule has 0 aliphatic carbocycles. The Morgan fingerprint density at radius 1 is 1.19 bits per heavy atom. The Morgan fingerprint density at radius 2 is 1.75 bits per heavy atom. The Bertz CT molecular complexity index is 864. The lowest BCUT2D eigenvalue weighted by atomic mass is 10.1. The summed E-state index contributed by atoms with van der Waals surface area (Å²) >= 11 is 0. The number of aliphatic carboxylic acids is 1. The van der Waals surface area contributed by atoms with Gasteiger partial charge in [-0.2, -0.15) is 0 Å². The van der Waals surface area contributed by atoms with Crippen LogP contribution >= 0.6 is 0 Å². The van der Waals surface area contributed by atoms with Crippen LogP contribution in [0, 0.1) is 10.1 Å². The number of carbonyl (C=O) groups is 4. The summed E-state index contributed by atoms with van der Waals surface area (Å²) in [5.41, 5.74) is 4.33. The molecule has 0 heterocycles. The number of nitro benzene ring substituents is 1. The lowest BCUT2D eigenvalue weighted by Crippen LogP contribution is -2.54. The lowest BCUT2D eigenvalue weighted by molar-refractivity contribution is -0.384. The molecule has 1 rings (SSSR count). The molecule has 0 fully saturated rings. The van der Waals surface area contributed by atoms with Crippen molar-refractivity contribution < 1.29 is 48.6 Å². The number of aliphatic hydroxyl groups is 1. The van der Waals surface area contributed by atoms with Crippen LogP contribution in [0.3, 0.4) is 0 Å². The Balaban J connectivity index is 2.80. The zero-order valence-corrected chi connectivity index (χ0v) is 17.4. The zero-order valence-electron chi connectivity index (χ0n) is 17.4. The number of amides is 2. The predicted molar refractivity (Wildman–Crippen MR) is 104 cm³/mol. The van der Waals surface area contributed by atoms with Crippen LogP contribution in [-0.2, 0) is 35.3 Å². The van der Waals surface area contributed by atoms with Crippen molar-refractivity contribution in [3.8, 4) is 0 Å². The number of aliphatic hydroxyl groups excluding tert-OH is 1. The first-order valence-electron chi connectivity index (χ1n) is 8.98. The van der Waals surface area contributed by atoms with Gasteiger partial charge in [-0.3, -0.25) is 19.7 Å². The second-order valence-electron chi connectivity index (χ2n) is 7.28. The maximum absolute atomic E-state index is 12.3. The largest absolute Gasteiger partial charge is 0.480 e. The van der Waals surface area contributed by atoms with Gasteiger partial charge in [0, 0.05) is 12.1 Å². The van der Waals surface area contributed by atoms with Gasteiger partial charge in [-0.1, -0.05) is 0 Å². The van der Waals surface area contributed by atoms with Crippen molar-refractivity contribution in [2.75, 3.05) is 6.61 Å². The maximum atomic E-state index is 12.3. The summed E-state index contributed by atoms with van der Waals surface area (Å²) in [6, 6.07) is 3.04. The lowest BCUT2D eigenvalue weighted by Gasteiger charge is -2.27. The normalized spacial score (nSPS) is 12.9. The minimum atomic E-state index is -2.38. The first-order chi connectivity index (χ1) is 14.7. The van der Waals surface area contributed by atoms with Gasteiger partial charge in [0.05, 0.1) is 4.92 Å². The fourth-order valence-corrected chi connectivity index (χ4v) is 1.96. The van der Waals surface area contributed by atoms with Gasteiger partial charge in [-0.15, -0.1) is 5.06 Å². The molecule has 0 bridgehead atoms. The zero-order chi connectivity index (χ0) is 24.6. The Kier molecular flexibility index (Phi) is 9.19. The van der Waals surface area contributed by atoms with Crippen LogP contribution in [0.25, 0.3) is 0 Å². The molecule has 1 unspecified atom stereocenters. The first-order valence-corrected chi connectivity index (χ1v) is 8.98. The Labute approximate surface area is 181 Å². The summed E-state index contributed by atoms with van der Waals surface area (Å²) in [6.45, 7) is 3.10. The van der Waals surface area contributed by atoms with E-state index in [1.165, 1.54) is 45.0 Å². The number of hydrogen-bond acceptors (Lipinski definition) is 11. The first kappa shape index (κ1) is 26.4. The van der Waals surface area contributed by atoms with E-state index in [1.807, 2.05) is 0 Å². The highest BCUT2D eigenvalue weighted by atomic mass is 16.7. The van der Waals surface area contributed by atoms with E-state index in [0.717, 1.165) is 0 Å². The highest BCUT2D eigenvalue weighted by Gasteiger charge is 2.38. The molecule has 1 aromatic carbocycles. The van der Waals surface area contributed by atoms with E-state index in [9.17, 15) is 34.4 Å². The monoisotopic (exact) mass is 457 g/mol. The summed E-state index contributed by atoms with van der Waals surface area (Å²) in [4.78, 5) is 62.1. The summed E-state index contributed by atoms with van der Waals surface area (Å²) in [6.07, 6.45) is -3.81. The number of nitro groups is 1. The van der Waals surface area contributed by atoms with Crippen molar-refractivity contribution in [1.82, 2.24) is 5.06 Å². The van der Waals surface area contributed by atoms with Crippen molar-refractivity contribution >= 4 is 29.6 Å². The molecule has 0 aliphatic heterocycles. The van der Waals surface area contributed by atoms with E-state index in [4.69, 9.17) is 25.2 Å². The van der Waals surface area contributed by atoms with E-state index >= 15 is 0 Å². The second-order valence-corrected chi connectivity index (χ2v) is 7.28. The Hall–Kier alpha value is -3.62. The molecule has 0 saturated carbocycles. The van der Waals surface area contributed by atoms with Gasteiger partial charge in [0.15, 0.2) is 12.7 Å². The predicted octanol–water partition coefficient (Wildman–Crippen LogP) is 0.106. The van der Waals surface area contributed by atoms with Crippen LogP contribution in [0.1, 0.15) is 26.3 Å². The van der Waals surface area contributed by atoms with Gasteiger partial charge in [0.1, 0.15) is 18.2 Å². The number of hydroxylamine groups is 2. The molecule has 1 aromatic rings. The van der Waals surface area contributed by atoms with Gasteiger partial charge in [0.25, 0.3) is 11.6 Å².